The molecule has 6 heteroatoms. The molecule has 3 nitrogen and oxygen atoms in total. The molecule has 0 aliphatic carbocycles. The van der Waals surface area contributed by atoms with Crippen LogP contribution in [0.3, 0.4) is 0 Å². The molecule has 0 saturated carbocycles. The van der Waals surface area contributed by atoms with Gasteiger partial charge < -0.3 is 14.8 Å². The third-order valence-corrected chi connectivity index (χ3v) is 5.80. The Kier molecular flexibility index (Phi) is 8.14. The van der Waals surface area contributed by atoms with Crippen LogP contribution in [0.25, 0.3) is 0 Å². The van der Waals surface area contributed by atoms with Crippen LogP contribution in [0.1, 0.15) is 36.6 Å². The van der Waals surface area contributed by atoms with E-state index in [0.29, 0.717) is 35.2 Å². The molecule has 1 atom stereocenters. The minimum atomic E-state index is -0.372. The van der Waals surface area contributed by atoms with Crippen LogP contribution >= 0.6 is 27.5 Å². The molecule has 0 radical (unpaired) electrons. The molecule has 0 saturated heterocycles. The van der Waals surface area contributed by atoms with Gasteiger partial charge in [0, 0.05) is 22.6 Å². The zero-order valence-electron chi connectivity index (χ0n) is 16.9. The van der Waals surface area contributed by atoms with Crippen molar-refractivity contribution >= 4 is 27.5 Å². The number of nitrogens with one attached hydrogen (secondary N) is 1. The normalized spacial score (nSPS) is 11.9. The van der Waals surface area contributed by atoms with E-state index < -0.39 is 0 Å². The van der Waals surface area contributed by atoms with Gasteiger partial charge in [-0.1, -0.05) is 63.9 Å². The summed E-state index contributed by atoms with van der Waals surface area (Å²) in [5.41, 5.74) is 3.00. The second-order valence-electron chi connectivity index (χ2n) is 6.86. The van der Waals surface area contributed by atoms with Gasteiger partial charge in [-0.2, -0.15) is 0 Å². The first-order valence-electron chi connectivity index (χ1n) is 9.78. The maximum Gasteiger partial charge on any atom is 0.162 e. The molecular weight excluding hydrogens is 469 g/mol. The summed E-state index contributed by atoms with van der Waals surface area (Å²) in [6.45, 7) is 5.46. The molecule has 1 N–H and O–H groups in total. The summed E-state index contributed by atoms with van der Waals surface area (Å²) in [4.78, 5) is 0. The molecule has 0 heterocycles. The van der Waals surface area contributed by atoms with Crippen LogP contribution in [0.15, 0.2) is 65.1 Å². The summed E-state index contributed by atoms with van der Waals surface area (Å²) in [5, 5.41) is 3.87. The van der Waals surface area contributed by atoms with Crippen molar-refractivity contribution in [2.24, 2.45) is 0 Å². The molecule has 1 unspecified atom stereocenters. The van der Waals surface area contributed by atoms with Crippen LogP contribution in [0.5, 0.6) is 11.5 Å². The third-order valence-electron chi connectivity index (χ3n) is 4.71. The molecule has 30 heavy (non-hydrogen) atoms. The summed E-state index contributed by atoms with van der Waals surface area (Å²) in [6, 6.07) is 18.7. The van der Waals surface area contributed by atoms with Crippen LogP contribution in [-0.4, -0.2) is 6.61 Å². The van der Waals surface area contributed by atoms with Gasteiger partial charge in [-0.25, -0.2) is 4.39 Å². The number of ether oxygens (including phenoxy) is 2. The smallest absolute Gasteiger partial charge is 0.162 e. The zero-order valence-corrected chi connectivity index (χ0v) is 19.3. The van der Waals surface area contributed by atoms with Crippen LogP contribution in [0, 0.1) is 5.82 Å². The Hall–Kier alpha value is -2.08. The molecule has 0 spiro atoms. The number of hydrogen-bond acceptors (Lipinski definition) is 3. The molecule has 3 rings (SSSR count). The monoisotopic (exact) mass is 491 g/mol. The van der Waals surface area contributed by atoms with Crippen molar-refractivity contribution in [3.63, 3.8) is 0 Å². The summed E-state index contributed by atoms with van der Waals surface area (Å²) in [5.74, 6) is 0.884. The second-order valence-corrected chi connectivity index (χ2v) is 8.12. The average molecular weight is 493 g/mol. The Labute approximate surface area is 190 Å². The van der Waals surface area contributed by atoms with E-state index in [1.807, 2.05) is 37.3 Å². The van der Waals surface area contributed by atoms with Gasteiger partial charge in [0.1, 0.15) is 12.4 Å². The highest BCUT2D eigenvalue weighted by Gasteiger charge is 2.13. The Morgan fingerprint density at radius 1 is 1.00 bits per heavy atom. The van der Waals surface area contributed by atoms with E-state index in [0.717, 1.165) is 10.0 Å². The van der Waals surface area contributed by atoms with Crippen LogP contribution in [0.4, 0.5) is 4.39 Å². The van der Waals surface area contributed by atoms with E-state index in [4.69, 9.17) is 21.1 Å². The number of rotatable bonds is 9. The van der Waals surface area contributed by atoms with Crippen molar-refractivity contribution < 1.29 is 13.9 Å². The Balaban J connectivity index is 1.73. The minimum absolute atomic E-state index is 0.213. The minimum Gasteiger partial charge on any atom is -0.490 e. The highest BCUT2D eigenvalue weighted by Crippen LogP contribution is 2.35. The van der Waals surface area contributed by atoms with E-state index >= 15 is 0 Å². The van der Waals surface area contributed by atoms with Gasteiger partial charge in [-0.3, -0.25) is 0 Å². The summed E-state index contributed by atoms with van der Waals surface area (Å²) in [6.07, 6.45) is 0. The van der Waals surface area contributed by atoms with Crippen LogP contribution in [-0.2, 0) is 13.2 Å². The summed E-state index contributed by atoms with van der Waals surface area (Å²) >= 11 is 9.74. The number of hydrogen-bond donors (Lipinski definition) is 1. The molecule has 0 aromatic heterocycles. The average Bonchev–Trinajstić information content (AvgIpc) is 2.74. The molecule has 0 aliphatic heterocycles. The van der Waals surface area contributed by atoms with Gasteiger partial charge >= 0.3 is 0 Å². The first-order chi connectivity index (χ1) is 14.5. The lowest BCUT2D eigenvalue weighted by Gasteiger charge is -2.18. The SMILES string of the molecule is CCOc1cc(CNC(C)c2ccccc2)c(Br)cc1OCc1ccc(F)cc1Cl. The van der Waals surface area contributed by atoms with Crippen LogP contribution in [0.2, 0.25) is 5.02 Å². The largest absolute Gasteiger partial charge is 0.490 e. The predicted octanol–water partition coefficient (Wildman–Crippen LogP) is 7.07. The fourth-order valence-corrected chi connectivity index (χ4v) is 3.70. The molecule has 0 fully saturated rings. The van der Waals surface area contributed by atoms with Crippen molar-refractivity contribution in [1.82, 2.24) is 5.32 Å². The van der Waals surface area contributed by atoms with E-state index in [9.17, 15) is 4.39 Å². The fourth-order valence-electron chi connectivity index (χ4n) is 3.01. The number of benzene rings is 3. The number of halogens is 3. The Morgan fingerprint density at radius 3 is 2.43 bits per heavy atom. The highest BCUT2D eigenvalue weighted by molar-refractivity contribution is 9.10. The maximum atomic E-state index is 13.3. The summed E-state index contributed by atoms with van der Waals surface area (Å²) in [7, 11) is 0. The predicted molar refractivity (Wildman–Crippen MR) is 123 cm³/mol. The van der Waals surface area contributed by atoms with E-state index in [1.54, 1.807) is 6.07 Å². The van der Waals surface area contributed by atoms with Crippen molar-refractivity contribution in [2.75, 3.05) is 6.61 Å². The van der Waals surface area contributed by atoms with Gasteiger partial charge in [0.15, 0.2) is 11.5 Å². The van der Waals surface area contributed by atoms with Gasteiger partial charge in [0.25, 0.3) is 0 Å². The van der Waals surface area contributed by atoms with Crippen molar-refractivity contribution in [3.05, 3.63) is 92.7 Å². The first kappa shape index (κ1) is 22.6. The first-order valence-corrected chi connectivity index (χ1v) is 10.9. The standard InChI is InChI=1S/C24H24BrClFNO2/c1-3-29-23-11-19(14-28-16(2)17-7-5-4-6-8-17)21(25)13-24(23)30-15-18-9-10-20(27)12-22(18)26/h4-13,16,28H,3,14-15H2,1-2H3. The maximum absolute atomic E-state index is 13.3. The van der Waals surface area contributed by atoms with Crippen molar-refractivity contribution in [1.29, 1.82) is 0 Å². The van der Waals surface area contributed by atoms with Crippen LogP contribution < -0.4 is 14.8 Å². The molecule has 3 aromatic carbocycles. The van der Waals surface area contributed by atoms with E-state index in [1.165, 1.54) is 17.7 Å². The van der Waals surface area contributed by atoms with E-state index in [2.05, 4.69) is 40.3 Å². The van der Waals surface area contributed by atoms with Gasteiger partial charge in [-0.15, -0.1) is 0 Å². The molecule has 0 bridgehead atoms. The molecule has 3 aromatic rings. The van der Waals surface area contributed by atoms with E-state index in [-0.39, 0.29) is 18.5 Å². The summed E-state index contributed by atoms with van der Waals surface area (Å²) < 4.78 is 25.9. The molecular formula is C24H24BrClFNO2. The second kappa shape index (κ2) is 10.8. The van der Waals surface area contributed by atoms with Gasteiger partial charge in [0.05, 0.1) is 11.6 Å². The Morgan fingerprint density at radius 2 is 1.73 bits per heavy atom. The quantitative estimate of drug-likeness (QED) is 0.346. The topological polar surface area (TPSA) is 30.5 Å². The fraction of sp³-hybridized carbons (Fsp3) is 0.250. The zero-order chi connectivity index (χ0) is 21.5. The van der Waals surface area contributed by atoms with Crippen molar-refractivity contribution in [3.8, 4) is 11.5 Å². The Bertz CT molecular complexity index is 984. The van der Waals surface area contributed by atoms with Gasteiger partial charge in [-0.05, 0) is 49.2 Å². The molecule has 0 amide bonds. The molecule has 0 aliphatic rings. The lowest BCUT2D eigenvalue weighted by atomic mass is 10.1. The highest BCUT2D eigenvalue weighted by atomic mass is 79.9. The lowest BCUT2D eigenvalue weighted by molar-refractivity contribution is 0.268. The van der Waals surface area contributed by atoms with Gasteiger partial charge in [0.2, 0.25) is 0 Å². The lowest BCUT2D eigenvalue weighted by Crippen LogP contribution is -2.18. The third kappa shape index (κ3) is 5.97. The molecule has 158 valence electrons. The van der Waals surface area contributed by atoms with Crippen molar-refractivity contribution in [2.45, 2.75) is 33.0 Å².